The van der Waals surface area contributed by atoms with E-state index in [1.54, 1.807) is 6.07 Å². The van der Waals surface area contributed by atoms with Crippen LogP contribution in [0.3, 0.4) is 0 Å². The van der Waals surface area contributed by atoms with Crippen LogP contribution in [-0.2, 0) is 0 Å². The van der Waals surface area contributed by atoms with E-state index in [0.717, 1.165) is 0 Å². The molecule has 0 atom stereocenters. The number of hydrogen-bond acceptors (Lipinski definition) is 6. The Kier molecular flexibility index (Phi) is 4.03. The number of anilines is 1. The first-order valence-electron chi connectivity index (χ1n) is 5.54. The van der Waals surface area contributed by atoms with Crippen molar-refractivity contribution in [3.05, 3.63) is 61.1 Å². The molecule has 0 unspecified atom stereocenters. The summed E-state index contributed by atoms with van der Waals surface area (Å²) in [5, 5.41) is 21.6. The molecule has 0 spiro atoms. The molecule has 0 saturated carbocycles. The average Bonchev–Trinajstić information content (AvgIpc) is 2.40. The van der Waals surface area contributed by atoms with Crippen molar-refractivity contribution in [3.8, 4) is 11.5 Å². The molecular weight excluding hydrogens is 346 g/mol. The number of rotatable bonds is 4. The van der Waals surface area contributed by atoms with Gasteiger partial charge >= 0.3 is 5.69 Å². The van der Waals surface area contributed by atoms with E-state index < -0.39 is 9.85 Å². The van der Waals surface area contributed by atoms with Gasteiger partial charge in [-0.05, 0) is 18.2 Å². The smallest absolute Gasteiger partial charge is 0.312 e. The predicted octanol–water partition coefficient (Wildman–Crippen LogP) is 3.64. The van der Waals surface area contributed by atoms with Gasteiger partial charge in [-0.15, -0.1) is 0 Å². The van der Waals surface area contributed by atoms with Gasteiger partial charge in [-0.25, -0.2) is 0 Å². The summed E-state index contributed by atoms with van der Waals surface area (Å²) in [7, 11) is 0. The van der Waals surface area contributed by atoms with Gasteiger partial charge in [0, 0.05) is 22.7 Å². The van der Waals surface area contributed by atoms with Crippen molar-refractivity contribution in [2.45, 2.75) is 0 Å². The number of halogens is 1. The highest BCUT2D eigenvalue weighted by molar-refractivity contribution is 9.10. The van der Waals surface area contributed by atoms with E-state index in [1.165, 1.54) is 30.3 Å². The number of hydrogen-bond donors (Lipinski definition) is 1. The minimum Gasteiger partial charge on any atom is -0.450 e. The lowest BCUT2D eigenvalue weighted by Crippen LogP contribution is -1.97. The lowest BCUT2D eigenvalue weighted by atomic mass is 10.2. The predicted molar refractivity (Wildman–Crippen MR) is 78.4 cm³/mol. The fourth-order valence-electron chi connectivity index (χ4n) is 1.61. The van der Waals surface area contributed by atoms with Crippen molar-refractivity contribution in [1.29, 1.82) is 0 Å². The van der Waals surface area contributed by atoms with Gasteiger partial charge in [0.05, 0.1) is 9.85 Å². The largest absolute Gasteiger partial charge is 0.450 e. The molecule has 108 valence electrons. The van der Waals surface area contributed by atoms with Crippen LogP contribution in [0.15, 0.2) is 40.9 Å². The van der Waals surface area contributed by atoms with Gasteiger partial charge in [-0.3, -0.25) is 20.2 Å². The number of nitro benzene ring substituents is 2. The van der Waals surface area contributed by atoms with Crippen LogP contribution < -0.4 is 10.5 Å². The first-order valence-corrected chi connectivity index (χ1v) is 6.33. The summed E-state index contributed by atoms with van der Waals surface area (Å²) >= 11 is 3.13. The number of nitrogen functional groups attached to an aromatic ring is 1. The van der Waals surface area contributed by atoms with Crippen molar-refractivity contribution in [2.75, 3.05) is 5.73 Å². The van der Waals surface area contributed by atoms with Crippen molar-refractivity contribution in [2.24, 2.45) is 0 Å². The van der Waals surface area contributed by atoms with Crippen LogP contribution in [0.5, 0.6) is 11.5 Å². The summed E-state index contributed by atoms with van der Waals surface area (Å²) in [5.41, 5.74) is 4.96. The number of ether oxygens (including phenoxy) is 1. The van der Waals surface area contributed by atoms with Gasteiger partial charge in [-0.2, -0.15) is 0 Å². The van der Waals surface area contributed by atoms with Gasteiger partial charge in [0.15, 0.2) is 0 Å². The molecule has 0 fully saturated rings. The molecule has 2 aromatic carbocycles. The minimum absolute atomic E-state index is 0.0106. The van der Waals surface area contributed by atoms with Gasteiger partial charge in [0.2, 0.25) is 5.75 Å². The van der Waals surface area contributed by atoms with E-state index in [0.29, 0.717) is 4.47 Å². The van der Waals surface area contributed by atoms with E-state index in [4.69, 9.17) is 10.5 Å². The lowest BCUT2D eigenvalue weighted by molar-refractivity contribution is -0.385. The summed E-state index contributed by atoms with van der Waals surface area (Å²) < 4.78 is 5.91. The van der Waals surface area contributed by atoms with Crippen LogP contribution >= 0.6 is 15.9 Å². The van der Waals surface area contributed by atoms with Crippen molar-refractivity contribution < 1.29 is 14.6 Å². The molecule has 0 aliphatic rings. The third kappa shape index (κ3) is 3.26. The van der Waals surface area contributed by atoms with Gasteiger partial charge in [0.25, 0.3) is 5.69 Å². The highest BCUT2D eigenvalue weighted by atomic mass is 79.9. The van der Waals surface area contributed by atoms with E-state index in [9.17, 15) is 20.2 Å². The monoisotopic (exact) mass is 353 g/mol. The average molecular weight is 354 g/mol. The van der Waals surface area contributed by atoms with Gasteiger partial charge in [-0.1, -0.05) is 15.9 Å². The Morgan fingerprint density at radius 1 is 1.00 bits per heavy atom. The molecule has 2 N–H and O–H groups in total. The Morgan fingerprint density at radius 2 is 1.67 bits per heavy atom. The highest BCUT2D eigenvalue weighted by Crippen LogP contribution is 2.35. The molecule has 0 radical (unpaired) electrons. The maximum Gasteiger partial charge on any atom is 0.312 e. The first-order chi connectivity index (χ1) is 9.88. The number of nitro groups is 2. The topological polar surface area (TPSA) is 122 Å². The summed E-state index contributed by atoms with van der Waals surface area (Å²) in [6.07, 6.45) is 0. The number of nitrogens with zero attached hydrogens (tertiary/aromatic N) is 2. The second-order valence-corrected chi connectivity index (χ2v) is 4.86. The normalized spacial score (nSPS) is 10.1. The SMILES string of the molecule is Nc1cc(Oc2ccc(Br)cc2[N+](=O)[O-])ccc1[N+](=O)[O-]. The zero-order valence-corrected chi connectivity index (χ0v) is 11.9. The summed E-state index contributed by atoms with van der Waals surface area (Å²) in [6, 6.07) is 8.03. The standard InChI is InChI=1S/C12H8BrN3O5/c13-7-1-4-12(11(5-7)16(19)20)21-8-2-3-10(15(17)18)9(14)6-8/h1-6H,14H2. The summed E-state index contributed by atoms with van der Waals surface area (Å²) in [4.78, 5) is 20.4. The van der Waals surface area contributed by atoms with Crippen LogP contribution in [0.2, 0.25) is 0 Å². The maximum atomic E-state index is 11.0. The molecule has 0 bridgehead atoms. The quantitative estimate of drug-likeness (QED) is 0.508. The first kappa shape index (κ1) is 14.7. The molecule has 0 heterocycles. The molecule has 0 aliphatic heterocycles. The molecule has 2 rings (SSSR count). The van der Waals surface area contributed by atoms with E-state index in [1.807, 2.05) is 0 Å². The second-order valence-electron chi connectivity index (χ2n) is 3.95. The maximum absolute atomic E-state index is 11.0. The van der Waals surface area contributed by atoms with Crippen LogP contribution in [0.1, 0.15) is 0 Å². The second kappa shape index (κ2) is 5.75. The Morgan fingerprint density at radius 3 is 2.24 bits per heavy atom. The van der Waals surface area contributed by atoms with E-state index >= 15 is 0 Å². The van der Waals surface area contributed by atoms with Gasteiger partial charge < -0.3 is 10.5 Å². The van der Waals surface area contributed by atoms with Gasteiger partial charge in [0.1, 0.15) is 11.4 Å². The van der Waals surface area contributed by atoms with Crippen molar-refractivity contribution in [3.63, 3.8) is 0 Å². The Hall–Kier alpha value is -2.68. The minimum atomic E-state index is -0.624. The Bertz CT molecular complexity index is 735. The molecule has 9 heteroatoms. The van der Waals surface area contributed by atoms with Crippen molar-refractivity contribution >= 4 is 33.0 Å². The summed E-state index contributed by atoms with van der Waals surface area (Å²) in [5.74, 6) is 0.181. The van der Waals surface area contributed by atoms with Crippen LogP contribution in [0, 0.1) is 20.2 Å². The Labute approximate surface area is 126 Å². The molecular formula is C12H8BrN3O5. The molecule has 0 amide bonds. The lowest BCUT2D eigenvalue weighted by Gasteiger charge is -2.07. The Balaban J connectivity index is 2.37. The fraction of sp³-hybridized carbons (Fsp3) is 0. The molecule has 21 heavy (non-hydrogen) atoms. The molecule has 0 saturated heterocycles. The summed E-state index contributed by atoms with van der Waals surface area (Å²) in [6.45, 7) is 0. The van der Waals surface area contributed by atoms with Crippen molar-refractivity contribution in [1.82, 2.24) is 0 Å². The van der Waals surface area contributed by atoms with E-state index in [-0.39, 0.29) is 28.6 Å². The van der Waals surface area contributed by atoms with Crippen LogP contribution in [0.4, 0.5) is 17.1 Å². The molecule has 2 aromatic rings. The van der Waals surface area contributed by atoms with E-state index in [2.05, 4.69) is 15.9 Å². The van der Waals surface area contributed by atoms with Crippen LogP contribution in [-0.4, -0.2) is 9.85 Å². The zero-order chi connectivity index (χ0) is 15.6. The molecule has 0 aliphatic carbocycles. The third-order valence-electron chi connectivity index (χ3n) is 2.54. The number of nitrogens with two attached hydrogens (primary N) is 1. The highest BCUT2D eigenvalue weighted by Gasteiger charge is 2.18. The molecule has 0 aromatic heterocycles. The zero-order valence-electron chi connectivity index (χ0n) is 10.4. The fourth-order valence-corrected chi connectivity index (χ4v) is 1.96. The molecule has 8 nitrogen and oxygen atoms in total. The third-order valence-corrected chi connectivity index (χ3v) is 3.03. The number of benzene rings is 2. The van der Waals surface area contributed by atoms with Crippen LogP contribution in [0.25, 0.3) is 0 Å².